The molecule has 0 unspecified atom stereocenters. The van der Waals surface area contributed by atoms with E-state index in [1.165, 1.54) is 111 Å². The van der Waals surface area contributed by atoms with E-state index in [0.29, 0.717) is 0 Å². The monoisotopic (exact) mass is 654 g/mol. The average molecular weight is 655 g/mol. The largest absolute Gasteiger partial charge is 0.0616 e. The van der Waals surface area contributed by atoms with Crippen LogP contribution in [0.4, 0.5) is 0 Å². The van der Waals surface area contributed by atoms with Crippen LogP contribution in [0.3, 0.4) is 0 Å². The Morgan fingerprint density at radius 3 is 1.12 bits per heavy atom. The zero-order valence-electron chi connectivity index (χ0n) is 30.4. The summed E-state index contributed by atoms with van der Waals surface area (Å²) in [6.45, 7) is 13.9. The zero-order chi connectivity index (χ0) is 35.0. The maximum absolute atomic E-state index is 2.47. The third-order valence-electron chi connectivity index (χ3n) is 11.5. The minimum Gasteiger partial charge on any atom is -0.0616 e. The van der Waals surface area contributed by atoms with Gasteiger partial charge in [-0.15, -0.1) is 0 Å². The molecule has 8 aromatic rings. The highest BCUT2D eigenvalue weighted by Gasteiger charge is 2.36. The number of rotatable bonds is 4. The molecule has 1 aliphatic carbocycles. The minimum absolute atomic E-state index is 0.119. The van der Waals surface area contributed by atoms with Gasteiger partial charge in [-0.3, -0.25) is 0 Å². The van der Waals surface area contributed by atoms with Gasteiger partial charge in [0, 0.05) is 5.41 Å². The lowest BCUT2D eigenvalue weighted by Gasteiger charge is -2.24. The summed E-state index contributed by atoms with van der Waals surface area (Å²) < 4.78 is 0. The second-order valence-corrected chi connectivity index (χ2v) is 15.2. The molecule has 9 rings (SSSR count). The van der Waals surface area contributed by atoms with Crippen LogP contribution in [0.15, 0.2) is 146 Å². The van der Waals surface area contributed by atoms with Crippen LogP contribution in [0.2, 0.25) is 0 Å². The molecule has 0 saturated carbocycles. The van der Waals surface area contributed by atoms with E-state index in [9.17, 15) is 0 Å². The van der Waals surface area contributed by atoms with Crippen LogP contribution in [-0.4, -0.2) is 0 Å². The summed E-state index contributed by atoms with van der Waals surface area (Å²) in [7, 11) is 0. The van der Waals surface area contributed by atoms with Crippen LogP contribution >= 0.6 is 0 Å². The van der Waals surface area contributed by atoms with Crippen molar-refractivity contribution in [1.82, 2.24) is 0 Å². The van der Waals surface area contributed by atoms with E-state index >= 15 is 0 Å². The van der Waals surface area contributed by atoms with E-state index in [2.05, 4.69) is 187 Å². The van der Waals surface area contributed by atoms with Gasteiger partial charge in [-0.2, -0.15) is 0 Å². The van der Waals surface area contributed by atoms with Gasteiger partial charge < -0.3 is 0 Å². The predicted molar refractivity (Wildman–Crippen MR) is 220 cm³/mol. The number of benzene rings is 8. The molecule has 0 saturated heterocycles. The van der Waals surface area contributed by atoms with Crippen molar-refractivity contribution in [1.29, 1.82) is 0 Å². The average Bonchev–Trinajstić information content (AvgIpc) is 3.35. The quantitative estimate of drug-likeness (QED) is 0.177. The normalized spacial score (nSPS) is 13.1. The summed E-state index contributed by atoms with van der Waals surface area (Å²) in [6, 6.07) is 54.5. The first-order chi connectivity index (χ1) is 24.7. The second kappa shape index (κ2) is 11.7. The third kappa shape index (κ3) is 4.96. The lowest BCUT2D eigenvalue weighted by molar-refractivity contribution is 0.661. The molecular formula is C51H42. The predicted octanol–water partition coefficient (Wildman–Crippen LogP) is 14.2. The van der Waals surface area contributed by atoms with Gasteiger partial charge in [-0.05, 0) is 150 Å². The van der Waals surface area contributed by atoms with Crippen molar-refractivity contribution in [3.8, 4) is 55.6 Å². The van der Waals surface area contributed by atoms with Crippen molar-refractivity contribution in [3.63, 3.8) is 0 Å². The maximum atomic E-state index is 2.47. The van der Waals surface area contributed by atoms with E-state index in [4.69, 9.17) is 0 Å². The molecule has 0 fully saturated rings. The number of fused-ring (bicyclic) bond motifs is 5. The number of aryl methyl sites for hydroxylation is 4. The highest BCUT2D eigenvalue weighted by Crippen LogP contribution is 2.51. The Kier molecular flexibility index (Phi) is 7.16. The Balaban J connectivity index is 1.08. The van der Waals surface area contributed by atoms with Crippen LogP contribution in [0, 0.1) is 27.7 Å². The van der Waals surface area contributed by atoms with E-state index in [0.717, 1.165) is 0 Å². The molecule has 0 spiro atoms. The summed E-state index contributed by atoms with van der Waals surface area (Å²) in [6.07, 6.45) is 0. The SMILES string of the molecule is Cc1cc(-c2cccc3ccccc23)cc(C)c1-c1ccc2c(c1)C(C)(C)c1cc(-c3c(C)cc(-c4cccc5ccccc45)cc3C)ccc1-2. The Hall–Kier alpha value is -5.72. The lowest BCUT2D eigenvalue weighted by atomic mass is 9.80. The molecule has 0 bridgehead atoms. The van der Waals surface area contributed by atoms with Crippen molar-refractivity contribution in [2.24, 2.45) is 0 Å². The van der Waals surface area contributed by atoms with Crippen LogP contribution in [0.5, 0.6) is 0 Å². The fraction of sp³-hybridized carbons (Fsp3) is 0.137. The first kappa shape index (κ1) is 31.3. The fourth-order valence-corrected chi connectivity index (χ4v) is 9.15. The van der Waals surface area contributed by atoms with Gasteiger partial charge in [-0.25, -0.2) is 0 Å². The van der Waals surface area contributed by atoms with Gasteiger partial charge >= 0.3 is 0 Å². The molecule has 0 nitrogen and oxygen atoms in total. The Morgan fingerprint density at radius 1 is 0.333 bits per heavy atom. The molecule has 0 aliphatic heterocycles. The molecule has 8 aromatic carbocycles. The summed E-state index contributed by atoms with van der Waals surface area (Å²) >= 11 is 0. The van der Waals surface area contributed by atoms with Crippen molar-refractivity contribution < 1.29 is 0 Å². The van der Waals surface area contributed by atoms with Gasteiger partial charge in [-0.1, -0.05) is 147 Å². The van der Waals surface area contributed by atoms with Crippen LogP contribution < -0.4 is 0 Å². The van der Waals surface area contributed by atoms with Gasteiger partial charge in [0.2, 0.25) is 0 Å². The zero-order valence-corrected chi connectivity index (χ0v) is 30.4. The molecule has 0 aromatic heterocycles. The van der Waals surface area contributed by atoms with Crippen molar-refractivity contribution in [2.45, 2.75) is 47.0 Å². The Labute approximate surface area is 302 Å². The van der Waals surface area contributed by atoms with E-state index in [1.54, 1.807) is 0 Å². The third-order valence-corrected chi connectivity index (χ3v) is 11.5. The van der Waals surface area contributed by atoms with Crippen molar-refractivity contribution in [2.75, 3.05) is 0 Å². The molecule has 51 heavy (non-hydrogen) atoms. The van der Waals surface area contributed by atoms with Crippen molar-refractivity contribution in [3.05, 3.63) is 179 Å². The molecular weight excluding hydrogens is 613 g/mol. The van der Waals surface area contributed by atoms with Crippen LogP contribution in [0.1, 0.15) is 47.2 Å². The maximum Gasteiger partial charge on any atom is 0.0159 e. The van der Waals surface area contributed by atoms with Gasteiger partial charge in [0.05, 0.1) is 0 Å². The fourth-order valence-electron chi connectivity index (χ4n) is 9.15. The van der Waals surface area contributed by atoms with E-state index < -0.39 is 0 Å². The molecule has 246 valence electrons. The Morgan fingerprint density at radius 2 is 0.706 bits per heavy atom. The van der Waals surface area contributed by atoms with E-state index in [1.807, 2.05) is 0 Å². The standard InChI is InChI=1S/C51H42/c1-31-25-39(43-19-11-15-35-13-7-9-17-41(35)43)26-32(2)49(31)37-21-23-45-46-24-22-38(30-48(46)51(5,6)47(45)29-37)50-33(3)27-40(28-34(50)4)44-20-12-16-36-14-8-10-18-42(36)44/h7-30H,1-6H3. The number of hydrogen-bond donors (Lipinski definition) is 0. The summed E-state index contributed by atoms with van der Waals surface area (Å²) in [5.41, 5.74) is 21.1. The highest BCUT2D eigenvalue weighted by molar-refractivity contribution is 5.99. The highest BCUT2D eigenvalue weighted by atomic mass is 14.4. The molecule has 0 heterocycles. The molecule has 0 radical (unpaired) electrons. The first-order valence-corrected chi connectivity index (χ1v) is 18.2. The number of hydrogen-bond acceptors (Lipinski definition) is 0. The summed E-state index contributed by atoms with van der Waals surface area (Å²) in [5, 5.41) is 5.16. The Bertz CT molecular complexity index is 2460. The molecule has 0 amide bonds. The molecule has 0 atom stereocenters. The summed E-state index contributed by atoms with van der Waals surface area (Å²) in [5.74, 6) is 0. The first-order valence-electron chi connectivity index (χ1n) is 18.2. The van der Waals surface area contributed by atoms with Crippen molar-refractivity contribution >= 4 is 21.5 Å². The summed E-state index contributed by atoms with van der Waals surface area (Å²) in [4.78, 5) is 0. The lowest BCUT2D eigenvalue weighted by Crippen LogP contribution is -2.15. The van der Waals surface area contributed by atoms with Gasteiger partial charge in [0.25, 0.3) is 0 Å². The van der Waals surface area contributed by atoms with Gasteiger partial charge in [0.15, 0.2) is 0 Å². The molecule has 0 heteroatoms. The second-order valence-electron chi connectivity index (χ2n) is 15.2. The molecule has 1 aliphatic rings. The van der Waals surface area contributed by atoms with Crippen LogP contribution in [0.25, 0.3) is 77.2 Å². The van der Waals surface area contributed by atoms with Crippen LogP contribution in [-0.2, 0) is 5.41 Å². The smallest absolute Gasteiger partial charge is 0.0159 e. The minimum atomic E-state index is -0.119. The molecule has 0 N–H and O–H groups in total. The topological polar surface area (TPSA) is 0 Å². The van der Waals surface area contributed by atoms with E-state index in [-0.39, 0.29) is 5.41 Å². The van der Waals surface area contributed by atoms with Gasteiger partial charge in [0.1, 0.15) is 0 Å².